The van der Waals surface area contributed by atoms with Gasteiger partial charge in [-0.1, -0.05) is 0 Å². The number of nitrogens with zero attached hydrogens (tertiary/aromatic N) is 1. The summed E-state index contributed by atoms with van der Waals surface area (Å²) < 4.78 is 8.99. The number of nitrogens with one attached hydrogen (secondary N) is 1. The van der Waals surface area contributed by atoms with Gasteiger partial charge in [0.2, 0.25) is 5.91 Å². The molecule has 0 rings (SSSR count). The van der Waals surface area contributed by atoms with Crippen molar-refractivity contribution in [2.24, 2.45) is 0 Å². The number of esters is 2. The van der Waals surface area contributed by atoms with E-state index in [2.05, 4.69) is 14.8 Å². The zero-order valence-electron chi connectivity index (χ0n) is 11.2. The van der Waals surface area contributed by atoms with E-state index in [4.69, 9.17) is 0 Å². The molecule has 0 aliphatic heterocycles. The second kappa shape index (κ2) is 8.46. The summed E-state index contributed by atoms with van der Waals surface area (Å²) in [4.78, 5) is 35.2. The predicted molar refractivity (Wildman–Crippen MR) is 63.8 cm³/mol. The molecule has 0 atom stereocenters. The van der Waals surface area contributed by atoms with Gasteiger partial charge in [0.05, 0.1) is 33.9 Å². The minimum Gasteiger partial charge on any atom is -0.468 e. The fraction of sp³-hybridized carbons (Fsp3) is 0.727. The quantitative estimate of drug-likeness (QED) is 0.601. The molecule has 7 nitrogen and oxygen atoms in total. The van der Waals surface area contributed by atoms with Crippen molar-refractivity contribution >= 4 is 17.8 Å². The lowest BCUT2D eigenvalue weighted by Crippen LogP contribution is -2.44. The van der Waals surface area contributed by atoms with Crippen molar-refractivity contribution < 1.29 is 23.9 Å². The molecule has 7 heteroatoms. The molecule has 104 valence electrons. The van der Waals surface area contributed by atoms with Gasteiger partial charge in [0, 0.05) is 6.04 Å². The molecule has 0 aliphatic rings. The maximum atomic E-state index is 11.5. The first kappa shape index (κ1) is 16.4. The van der Waals surface area contributed by atoms with Gasteiger partial charge in [0.1, 0.15) is 0 Å². The third kappa shape index (κ3) is 7.61. The largest absolute Gasteiger partial charge is 0.468 e. The Balaban J connectivity index is 4.41. The van der Waals surface area contributed by atoms with E-state index >= 15 is 0 Å². The number of rotatable bonds is 7. The van der Waals surface area contributed by atoms with E-state index in [1.165, 1.54) is 19.1 Å². The lowest BCUT2D eigenvalue weighted by atomic mass is 10.3. The summed E-state index contributed by atoms with van der Waals surface area (Å²) in [5.74, 6) is -1.30. The second-order valence-electron chi connectivity index (χ2n) is 4.02. The van der Waals surface area contributed by atoms with Crippen LogP contribution in [-0.2, 0) is 23.9 Å². The molecule has 0 radical (unpaired) electrons. The van der Waals surface area contributed by atoms with Crippen molar-refractivity contribution in [1.82, 2.24) is 10.2 Å². The summed E-state index contributed by atoms with van der Waals surface area (Å²) in [5.41, 5.74) is 0. The fourth-order valence-electron chi connectivity index (χ4n) is 1.23. The van der Waals surface area contributed by atoms with Crippen molar-refractivity contribution in [1.29, 1.82) is 0 Å². The van der Waals surface area contributed by atoms with Gasteiger partial charge in [-0.05, 0) is 13.8 Å². The Morgan fingerprint density at radius 3 is 1.78 bits per heavy atom. The molecule has 0 bridgehead atoms. The van der Waals surface area contributed by atoms with Crippen LogP contribution in [0.4, 0.5) is 0 Å². The van der Waals surface area contributed by atoms with E-state index in [0.717, 1.165) is 0 Å². The summed E-state index contributed by atoms with van der Waals surface area (Å²) in [7, 11) is 2.49. The van der Waals surface area contributed by atoms with Crippen LogP contribution < -0.4 is 5.32 Å². The first-order chi connectivity index (χ1) is 8.38. The Hall–Kier alpha value is -1.63. The lowest BCUT2D eigenvalue weighted by molar-refractivity contribution is -0.146. The van der Waals surface area contributed by atoms with Crippen molar-refractivity contribution in [3.05, 3.63) is 0 Å². The molecular weight excluding hydrogens is 240 g/mol. The molecule has 0 saturated carbocycles. The van der Waals surface area contributed by atoms with Crippen molar-refractivity contribution in [3.63, 3.8) is 0 Å². The van der Waals surface area contributed by atoms with Crippen molar-refractivity contribution in [2.45, 2.75) is 19.9 Å². The smallest absolute Gasteiger partial charge is 0.319 e. The Labute approximate surface area is 106 Å². The van der Waals surface area contributed by atoms with E-state index in [1.54, 1.807) is 0 Å². The zero-order valence-corrected chi connectivity index (χ0v) is 11.2. The van der Waals surface area contributed by atoms with Crippen LogP contribution in [0.25, 0.3) is 0 Å². The molecule has 1 N–H and O–H groups in total. The van der Waals surface area contributed by atoms with Gasteiger partial charge in [-0.2, -0.15) is 0 Å². The zero-order chi connectivity index (χ0) is 14.1. The number of carbonyl (C=O) groups excluding carboxylic acids is 3. The van der Waals surface area contributed by atoms with Crippen LogP contribution in [0.5, 0.6) is 0 Å². The number of amides is 1. The minimum atomic E-state index is -0.517. The van der Waals surface area contributed by atoms with Crippen molar-refractivity contribution in [2.75, 3.05) is 33.9 Å². The molecule has 1 amide bonds. The summed E-state index contributed by atoms with van der Waals surface area (Å²) >= 11 is 0. The van der Waals surface area contributed by atoms with E-state index in [1.807, 2.05) is 13.8 Å². The molecule has 18 heavy (non-hydrogen) atoms. The molecule has 0 aliphatic carbocycles. The Kier molecular flexibility index (Phi) is 7.69. The van der Waals surface area contributed by atoms with Crippen LogP contribution in [0, 0.1) is 0 Å². The van der Waals surface area contributed by atoms with E-state index in [9.17, 15) is 14.4 Å². The highest BCUT2D eigenvalue weighted by Gasteiger charge is 2.18. The third-order valence-corrected chi connectivity index (χ3v) is 1.98. The van der Waals surface area contributed by atoms with Gasteiger partial charge in [-0.25, -0.2) is 0 Å². The summed E-state index contributed by atoms with van der Waals surface area (Å²) in [6, 6.07) is -0.00407. The van der Waals surface area contributed by atoms with Crippen molar-refractivity contribution in [3.8, 4) is 0 Å². The fourth-order valence-corrected chi connectivity index (χ4v) is 1.23. The Morgan fingerprint density at radius 2 is 1.44 bits per heavy atom. The van der Waals surface area contributed by atoms with Gasteiger partial charge in [0.15, 0.2) is 0 Å². The standard InChI is InChI=1S/C11H20N2O5/c1-8(2)12-9(14)5-13(6-10(15)17-3)7-11(16)18-4/h8H,5-7H2,1-4H3,(H,12,14). The summed E-state index contributed by atoms with van der Waals surface area (Å²) in [6.07, 6.45) is 0. The van der Waals surface area contributed by atoms with Gasteiger partial charge in [0.25, 0.3) is 0 Å². The highest BCUT2D eigenvalue weighted by Crippen LogP contribution is 1.92. The Morgan fingerprint density at radius 1 is 1.00 bits per heavy atom. The number of ether oxygens (including phenoxy) is 2. The van der Waals surface area contributed by atoms with Crippen LogP contribution in [0.2, 0.25) is 0 Å². The van der Waals surface area contributed by atoms with E-state index in [0.29, 0.717) is 0 Å². The first-order valence-corrected chi connectivity index (χ1v) is 5.54. The molecule has 0 spiro atoms. The van der Waals surface area contributed by atoms with Gasteiger partial charge < -0.3 is 14.8 Å². The molecular formula is C11H20N2O5. The average molecular weight is 260 g/mol. The predicted octanol–water partition coefficient (Wildman–Crippen LogP) is -0.841. The van der Waals surface area contributed by atoms with Crippen LogP contribution in [0.3, 0.4) is 0 Å². The molecule has 0 aromatic rings. The average Bonchev–Trinajstić information content (AvgIpc) is 2.27. The molecule has 0 unspecified atom stereocenters. The van der Waals surface area contributed by atoms with Crippen LogP contribution in [0.15, 0.2) is 0 Å². The van der Waals surface area contributed by atoms with E-state index in [-0.39, 0.29) is 31.6 Å². The minimum absolute atomic E-state index is 0.00407. The first-order valence-electron chi connectivity index (χ1n) is 5.54. The Bertz CT molecular complexity index is 286. The molecule has 0 fully saturated rings. The summed E-state index contributed by atoms with van der Waals surface area (Å²) in [6.45, 7) is 3.29. The maximum absolute atomic E-state index is 11.5. The topological polar surface area (TPSA) is 84.9 Å². The number of carbonyl (C=O) groups is 3. The molecule has 0 saturated heterocycles. The molecule has 0 aromatic heterocycles. The molecule has 0 aromatic carbocycles. The van der Waals surface area contributed by atoms with Gasteiger partial charge >= 0.3 is 11.9 Å². The van der Waals surface area contributed by atoms with Crippen LogP contribution >= 0.6 is 0 Å². The second-order valence-corrected chi connectivity index (χ2v) is 4.02. The van der Waals surface area contributed by atoms with Gasteiger partial charge in [-0.3, -0.25) is 19.3 Å². The maximum Gasteiger partial charge on any atom is 0.319 e. The van der Waals surface area contributed by atoms with E-state index < -0.39 is 11.9 Å². The monoisotopic (exact) mass is 260 g/mol. The highest BCUT2D eigenvalue weighted by atomic mass is 16.5. The van der Waals surface area contributed by atoms with Crippen LogP contribution in [0.1, 0.15) is 13.8 Å². The summed E-state index contributed by atoms with van der Waals surface area (Å²) in [5, 5.41) is 2.67. The normalized spacial score (nSPS) is 10.3. The SMILES string of the molecule is COC(=O)CN(CC(=O)NC(C)C)CC(=O)OC. The number of hydrogen-bond acceptors (Lipinski definition) is 6. The lowest BCUT2D eigenvalue weighted by Gasteiger charge is -2.19. The number of methoxy groups -OCH3 is 2. The number of hydrogen-bond donors (Lipinski definition) is 1. The third-order valence-electron chi connectivity index (χ3n) is 1.98. The molecule has 0 heterocycles. The van der Waals surface area contributed by atoms with Gasteiger partial charge in [-0.15, -0.1) is 0 Å². The van der Waals surface area contributed by atoms with Crippen LogP contribution in [-0.4, -0.2) is 62.6 Å². The highest BCUT2D eigenvalue weighted by molar-refractivity contribution is 5.81.